The van der Waals surface area contributed by atoms with Gasteiger partial charge in [-0.25, -0.2) is 8.78 Å². The van der Waals surface area contributed by atoms with E-state index in [9.17, 15) is 13.6 Å². The Labute approximate surface area is 108 Å². The molecule has 1 aliphatic rings. The Hall–Kier alpha value is -0.810. The van der Waals surface area contributed by atoms with E-state index in [-0.39, 0.29) is 35.5 Å². The zero-order chi connectivity index (χ0) is 12.6. The largest absolute Gasteiger partial charge is 0.307 e. The first-order valence-corrected chi connectivity index (χ1v) is 6.09. The van der Waals surface area contributed by atoms with E-state index in [1.54, 1.807) is 0 Å². The summed E-state index contributed by atoms with van der Waals surface area (Å²) in [6.07, 6.45) is 0.269. The van der Waals surface area contributed by atoms with E-state index in [2.05, 4.69) is 12.6 Å². The van der Waals surface area contributed by atoms with Crippen LogP contribution < -0.4 is 4.90 Å². The molecule has 2 rings (SSSR count). The number of carbonyl (C=O) groups is 1. The zero-order valence-corrected chi connectivity index (χ0v) is 10.4. The summed E-state index contributed by atoms with van der Waals surface area (Å²) >= 11 is 9.62. The summed E-state index contributed by atoms with van der Waals surface area (Å²) in [6, 6.07) is 2.00. The molecule has 0 aromatic heterocycles. The highest BCUT2D eigenvalue weighted by Crippen LogP contribution is 2.32. The lowest BCUT2D eigenvalue weighted by Crippen LogP contribution is -2.26. The third-order valence-corrected chi connectivity index (χ3v) is 3.45. The van der Waals surface area contributed by atoms with Gasteiger partial charge in [-0.2, -0.15) is 12.6 Å². The number of amides is 1. The predicted molar refractivity (Wildman–Crippen MR) is 65.7 cm³/mol. The summed E-state index contributed by atoms with van der Waals surface area (Å²) in [5, 5.41) is -0.0267. The van der Waals surface area contributed by atoms with Crippen LogP contribution in [-0.4, -0.2) is 18.2 Å². The Kier molecular flexibility index (Phi) is 3.58. The van der Waals surface area contributed by atoms with Gasteiger partial charge in [-0.05, 0) is 23.8 Å². The van der Waals surface area contributed by atoms with Crippen molar-refractivity contribution in [3.8, 4) is 0 Å². The molecule has 92 valence electrons. The molecule has 6 heteroatoms. The van der Waals surface area contributed by atoms with Crippen LogP contribution in [0.4, 0.5) is 14.5 Å². The average molecular weight is 278 g/mol. The summed E-state index contributed by atoms with van der Waals surface area (Å²) < 4.78 is 27.3. The van der Waals surface area contributed by atoms with Gasteiger partial charge in [-0.1, -0.05) is 11.6 Å². The van der Waals surface area contributed by atoms with E-state index >= 15 is 0 Å². The van der Waals surface area contributed by atoms with Gasteiger partial charge < -0.3 is 4.90 Å². The maximum Gasteiger partial charge on any atom is 0.227 e. The quantitative estimate of drug-likeness (QED) is 0.824. The second-order valence-electron chi connectivity index (χ2n) is 3.98. The van der Waals surface area contributed by atoms with E-state index in [1.165, 1.54) is 0 Å². The Morgan fingerprint density at radius 3 is 2.47 bits per heavy atom. The SMILES string of the molecule is O=C1CC(CS)CN1c1c(F)cc(Cl)cc1F. The van der Waals surface area contributed by atoms with Crippen LogP contribution in [-0.2, 0) is 4.79 Å². The summed E-state index contributed by atoms with van der Waals surface area (Å²) in [7, 11) is 0. The lowest BCUT2D eigenvalue weighted by atomic mass is 10.1. The first kappa shape index (κ1) is 12.6. The van der Waals surface area contributed by atoms with Crippen molar-refractivity contribution in [3.63, 3.8) is 0 Å². The minimum Gasteiger partial charge on any atom is -0.307 e. The van der Waals surface area contributed by atoms with Crippen molar-refractivity contribution < 1.29 is 13.6 Å². The molecule has 0 radical (unpaired) electrons. The van der Waals surface area contributed by atoms with Crippen molar-refractivity contribution in [1.82, 2.24) is 0 Å². The van der Waals surface area contributed by atoms with Gasteiger partial charge >= 0.3 is 0 Å². The maximum atomic E-state index is 13.6. The first-order valence-electron chi connectivity index (χ1n) is 5.08. The molecule has 0 bridgehead atoms. The second-order valence-corrected chi connectivity index (χ2v) is 4.78. The van der Waals surface area contributed by atoms with E-state index in [0.29, 0.717) is 5.75 Å². The van der Waals surface area contributed by atoms with Gasteiger partial charge in [0.2, 0.25) is 5.91 Å². The fourth-order valence-corrected chi connectivity index (χ4v) is 2.35. The number of thiol groups is 1. The van der Waals surface area contributed by atoms with Crippen LogP contribution in [0, 0.1) is 17.6 Å². The van der Waals surface area contributed by atoms with E-state index < -0.39 is 11.6 Å². The molecule has 1 aromatic carbocycles. The third kappa shape index (κ3) is 2.40. The lowest BCUT2D eigenvalue weighted by molar-refractivity contribution is -0.117. The van der Waals surface area contributed by atoms with Crippen LogP contribution >= 0.6 is 24.2 Å². The van der Waals surface area contributed by atoms with Crippen LogP contribution in [0.25, 0.3) is 0 Å². The molecule has 1 atom stereocenters. The fraction of sp³-hybridized carbons (Fsp3) is 0.364. The summed E-state index contributed by atoms with van der Waals surface area (Å²) in [4.78, 5) is 12.8. The Morgan fingerprint density at radius 2 is 2.00 bits per heavy atom. The third-order valence-electron chi connectivity index (χ3n) is 2.71. The molecule has 0 N–H and O–H groups in total. The lowest BCUT2D eigenvalue weighted by Gasteiger charge is -2.18. The van der Waals surface area contributed by atoms with E-state index in [1.807, 2.05) is 0 Å². The van der Waals surface area contributed by atoms with E-state index in [0.717, 1.165) is 17.0 Å². The molecule has 17 heavy (non-hydrogen) atoms. The first-order chi connectivity index (χ1) is 8.02. The molecule has 0 spiro atoms. The fourth-order valence-electron chi connectivity index (χ4n) is 1.91. The van der Waals surface area contributed by atoms with Gasteiger partial charge in [-0.3, -0.25) is 4.79 Å². The zero-order valence-electron chi connectivity index (χ0n) is 8.79. The number of carbonyl (C=O) groups excluding carboxylic acids is 1. The number of halogens is 3. The number of nitrogens with zero attached hydrogens (tertiary/aromatic N) is 1. The molecule has 1 saturated heterocycles. The molecular weight excluding hydrogens is 268 g/mol. The van der Waals surface area contributed by atoms with E-state index in [4.69, 9.17) is 11.6 Å². The van der Waals surface area contributed by atoms with Crippen molar-refractivity contribution in [2.75, 3.05) is 17.2 Å². The Bertz CT molecular complexity index is 446. The molecular formula is C11H10ClF2NOS. The minimum absolute atomic E-state index is 0.0267. The highest BCUT2D eigenvalue weighted by molar-refractivity contribution is 7.80. The molecule has 0 saturated carbocycles. The van der Waals surface area contributed by atoms with Crippen molar-refractivity contribution in [2.45, 2.75) is 6.42 Å². The smallest absolute Gasteiger partial charge is 0.227 e. The Balaban J connectivity index is 2.38. The number of hydrogen-bond acceptors (Lipinski definition) is 2. The number of rotatable bonds is 2. The highest BCUT2D eigenvalue weighted by atomic mass is 35.5. The standard InChI is InChI=1S/C11H10ClF2NOS/c12-7-2-8(13)11(9(14)3-7)15-4-6(5-17)1-10(15)16/h2-3,6,17H,1,4-5H2. The topological polar surface area (TPSA) is 20.3 Å². The van der Waals surface area contributed by atoms with Crippen molar-refractivity contribution in [2.24, 2.45) is 5.92 Å². The van der Waals surface area contributed by atoms with Crippen LogP contribution in [0.5, 0.6) is 0 Å². The van der Waals surface area contributed by atoms with Gasteiger partial charge in [0.1, 0.15) is 5.69 Å². The normalized spacial score (nSPS) is 20.1. The second kappa shape index (κ2) is 4.82. The van der Waals surface area contributed by atoms with Crippen molar-refractivity contribution in [3.05, 3.63) is 28.8 Å². The van der Waals surface area contributed by atoms with Crippen LogP contribution in [0.3, 0.4) is 0 Å². The molecule has 1 aliphatic heterocycles. The van der Waals surface area contributed by atoms with Gasteiger partial charge in [0.25, 0.3) is 0 Å². The van der Waals surface area contributed by atoms with Gasteiger partial charge in [-0.15, -0.1) is 0 Å². The molecule has 2 nitrogen and oxygen atoms in total. The summed E-state index contributed by atoms with van der Waals surface area (Å²) in [5.41, 5.74) is -0.316. The average Bonchev–Trinajstić information content (AvgIpc) is 2.59. The summed E-state index contributed by atoms with van der Waals surface area (Å²) in [5.74, 6) is -1.38. The van der Waals surface area contributed by atoms with Gasteiger partial charge in [0.15, 0.2) is 11.6 Å². The number of hydrogen-bond donors (Lipinski definition) is 1. The van der Waals surface area contributed by atoms with Crippen LogP contribution in [0.1, 0.15) is 6.42 Å². The van der Waals surface area contributed by atoms with Crippen LogP contribution in [0.2, 0.25) is 5.02 Å². The molecule has 1 aromatic rings. The monoisotopic (exact) mass is 277 g/mol. The molecule has 1 heterocycles. The van der Waals surface area contributed by atoms with Gasteiger partial charge in [0, 0.05) is 18.0 Å². The molecule has 1 fully saturated rings. The molecule has 1 amide bonds. The molecule has 0 aliphatic carbocycles. The van der Waals surface area contributed by atoms with Crippen LogP contribution in [0.15, 0.2) is 12.1 Å². The number of anilines is 1. The molecule has 1 unspecified atom stereocenters. The van der Waals surface area contributed by atoms with Crippen molar-refractivity contribution >= 4 is 35.8 Å². The minimum atomic E-state index is -0.817. The van der Waals surface area contributed by atoms with Crippen molar-refractivity contribution in [1.29, 1.82) is 0 Å². The summed E-state index contributed by atoms with van der Waals surface area (Å²) in [6.45, 7) is 0.289. The maximum absolute atomic E-state index is 13.6. The predicted octanol–water partition coefficient (Wildman–Crippen LogP) is 2.90. The number of benzene rings is 1. The Morgan fingerprint density at radius 1 is 1.41 bits per heavy atom. The highest BCUT2D eigenvalue weighted by Gasteiger charge is 2.33. The van der Waals surface area contributed by atoms with Gasteiger partial charge in [0.05, 0.1) is 0 Å².